The first-order valence-electron chi connectivity index (χ1n) is 9.81. The van der Waals surface area contributed by atoms with Gasteiger partial charge in [-0.25, -0.2) is 4.98 Å². The largest absolute Gasteiger partial charge is 0.376 e. The maximum absolute atomic E-state index is 13.1. The second-order valence-electron chi connectivity index (χ2n) is 7.56. The number of rotatable bonds is 5. The van der Waals surface area contributed by atoms with Crippen molar-refractivity contribution in [1.82, 2.24) is 19.9 Å². The van der Waals surface area contributed by atoms with Crippen LogP contribution >= 0.6 is 0 Å². The lowest BCUT2D eigenvalue weighted by Gasteiger charge is -2.25. The zero-order chi connectivity index (χ0) is 20.4. The van der Waals surface area contributed by atoms with Gasteiger partial charge in [0.15, 0.2) is 0 Å². The maximum atomic E-state index is 13.1. The number of pyridine rings is 1. The molecule has 1 aliphatic heterocycles. The van der Waals surface area contributed by atoms with Crippen molar-refractivity contribution in [2.24, 2.45) is 0 Å². The molecule has 1 atom stereocenters. The molecule has 1 aromatic carbocycles. The van der Waals surface area contributed by atoms with Gasteiger partial charge in [0, 0.05) is 36.6 Å². The van der Waals surface area contributed by atoms with Crippen LogP contribution in [0.4, 0.5) is 0 Å². The third-order valence-electron chi connectivity index (χ3n) is 5.41. The molecule has 4 rings (SSSR count). The molecular formula is C22H24N4O3. The Morgan fingerprint density at radius 2 is 2.07 bits per heavy atom. The van der Waals surface area contributed by atoms with Gasteiger partial charge in [-0.2, -0.15) is 0 Å². The van der Waals surface area contributed by atoms with Crippen molar-refractivity contribution in [2.45, 2.75) is 39.3 Å². The number of aryl methyl sites for hydroxylation is 2. The summed E-state index contributed by atoms with van der Waals surface area (Å²) in [5.74, 6) is -0.256. The van der Waals surface area contributed by atoms with E-state index in [9.17, 15) is 9.59 Å². The van der Waals surface area contributed by atoms with Crippen LogP contribution in [0.1, 0.15) is 40.0 Å². The lowest BCUT2D eigenvalue weighted by molar-refractivity contribution is 0.0501. The Labute approximate surface area is 168 Å². The summed E-state index contributed by atoms with van der Waals surface area (Å²) in [5.41, 5.74) is 3.68. The van der Waals surface area contributed by atoms with Gasteiger partial charge in [-0.3, -0.25) is 14.6 Å². The number of nitrogens with one attached hydrogen (secondary N) is 1. The van der Waals surface area contributed by atoms with Crippen LogP contribution < -0.4 is 5.56 Å². The highest BCUT2D eigenvalue weighted by Crippen LogP contribution is 2.19. The molecule has 1 saturated heterocycles. The van der Waals surface area contributed by atoms with Crippen molar-refractivity contribution in [3.05, 3.63) is 69.5 Å². The molecule has 3 heterocycles. The molecule has 1 fully saturated rings. The molecule has 7 nitrogen and oxygen atoms in total. The summed E-state index contributed by atoms with van der Waals surface area (Å²) in [6.07, 6.45) is 6.32. The van der Waals surface area contributed by atoms with Crippen LogP contribution in [-0.4, -0.2) is 45.0 Å². The summed E-state index contributed by atoms with van der Waals surface area (Å²) >= 11 is 0. The van der Waals surface area contributed by atoms with E-state index in [1.165, 1.54) is 18.6 Å². The summed E-state index contributed by atoms with van der Waals surface area (Å²) in [6, 6.07) is 5.90. The lowest BCUT2D eigenvalue weighted by Crippen LogP contribution is -2.38. The minimum absolute atomic E-state index is 0.0277. The summed E-state index contributed by atoms with van der Waals surface area (Å²) in [6.45, 7) is 5.37. The first-order valence-corrected chi connectivity index (χ1v) is 9.81. The predicted molar refractivity (Wildman–Crippen MR) is 110 cm³/mol. The van der Waals surface area contributed by atoms with E-state index in [2.05, 4.69) is 21.0 Å². The van der Waals surface area contributed by atoms with Gasteiger partial charge in [0.2, 0.25) is 0 Å². The van der Waals surface area contributed by atoms with E-state index in [0.717, 1.165) is 34.9 Å². The van der Waals surface area contributed by atoms with Gasteiger partial charge < -0.3 is 14.6 Å². The van der Waals surface area contributed by atoms with Crippen molar-refractivity contribution in [3.63, 3.8) is 0 Å². The van der Waals surface area contributed by atoms with Crippen LogP contribution in [0.25, 0.3) is 10.9 Å². The highest BCUT2D eigenvalue weighted by Gasteiger charge is 2.25. The number of nitrogens with zero attached hydrogens (tertiary/aromatic N) is 3. The quantitative estimate of drug-likeness (QED) is 0.721. The Hall–Kier alpha value is -3.06. The summed E-state index contributed by atoms with van der Waals surface area (Å²) in [5, 5.41) is 0.951. The van der Waals surface area contributed by atoms with E-state index >= 15 is 0 Å². The highest BCUT2D eigenvalue weighted by atomic mass is 16.5. The van der Waals surface area contributed by atoms with Crippen molar-refractivity contribution in [1.29, 1.82) is 0 Å². The Morgan fingerprint density at radius 1 is 1.24 bits per heavy atom. The number of carbonyl (C=O) groups is 1. The summed E-state index contributed by atoms with van der Waals surface area (Å²) in [4.78, 5) is 38.5. The molecule has 0 aliphatic carbocycles. The van der Waals surface area contributed by atoms with Crippen molar-refractivity contribution in [3.8, 4) is 0 Å². The monoisotopic (exact) mass is 392 g/mol. The fourth-order valence-corrected chi connectivity index (χ4v) is 3.67. The molecule has 2 aromatic heterocycles. The van der Waals surface area contributed by atoms with Crippen LogP contribution in [-0.2, 0) is 11.3 Å². The number of aromatic nitrogens is 3. The van der Waals surface area contributed by atoms with Crippen LogP contribution in [0.2, 0.25) is 0 Å². The van der Waals surface area contributed by atoms with Gasteiger partial charge in [0.25, 0.3) is 11.5 Å². The Bertz CT molecular complexity index is 1090. The fraction of sp³-hybridized carbons (Fsp3) is 0.364. The van der Waals surface area contributed by atoms with E-state index < -0.39 is 0 Å². The maximum Gasteiger partial charge on any atom is 0.274 e. The second-order valence-corrected chi connectivity index (χ2v) is 7.56. The topological polar surface area (TPSA) is 88.2 Å². The molecule has 0 saturated carbocycles. The molecule has 0 radical (unpaired) electrons. The van der Waals surface area contributed by atoms with E-state index in [1.807, 2.05) is 26.0 Å². The average Bonchev–Trinajstić information content (AvgIpc) is 3.23. The van der Waals surface area contributed by atoms with Crippen LogP contribution in [0.3, 0.4) is 0 Å². The lowest BCUT2D eigenvalue weighted by atomic mass is 10.0. The Kier molecular flexibility index (Phi) is 5.40. The summed E-state index contributed by atoms with van der Waals surface area (Å²) < 4.78 is 5.72. The average molecular weight is 392 g/mol. The van der Waals surface area contributed by atoms with Gasteiger partial charge in [0.1, 0.15) is 5.69 Å². The van der Waals surface area contributed by atoms with Crippen molar-refractivity contribution < 1.29 is 9.53 Å². The molecule has 3 aromatic rings. The SMILES string of the molecule is Cc1cc2cc(CN(C[C@@H]3CCCO3)C(=O)c3cnccn3)c(=O)[nH]c2cc1C. The smallest absolute Gasteiger partial charge is 0.274 e. The molecule has 7 heteroatoms. The van der Waals surface area contributed by atoms with Crippen LogP contribution in [0.5, 0.6) is 0 Å². The molecule has 1 aliphatic rings. The van der Waals surface area contributed by atoms with Crippen molar-refractivity contribution >= 4 is 16.8 Å². The van der Waals surface area contributed by atoms with Gasteiger partial charge >= 0.3 is 0 Å². The standard InChI is InChI=1S/C22H24N4O3/c1-14-8-16-10-17(21(27)25-19(16)9-15(14)2)12-26(13-18-4-3-7-29-18)22(28)20-11-23-5-6-24-20/h5-6,8-11,18H,3-4,7,12-13H2,1-2H3,(H,25,27)/t18-/m0/s1. The number of fused-ring (bicyclic) bond motifs is 1. The molecule has 150 valence electrons. The van der Waals surface area contributed by atoms with Crippen LogP contribution in [0.15, 0.2) is 41.6 Å². The van der Waals surface area contributed by atoms with Gasteiger partial charge in [-0.05, 0) is 61.4 Å². The van der Waals surface area contributed by atoms with Crippen LogP contribution in [0, 0.1) is 13.8 Å². The molecule has 0 spiro atoms. The number of amides is 1. The number of H-pyrrole nitrogens is 1. The number of ether oxygens (including phenoxy) is 1. The number of hydrogen-bond donors (Lipinski definition) is 1. The Balaban J connectivity index is 1.67. The predicted octanol–water partition coefficient (Wildman–Crippen LogP) is 2.76. The molecule has 0 bridgehead atoms. The number of aromatic amines is 1. The van der Waals surface area contributed by atoms with E-state index in [-0.39, 0.29) is 29.8 Å². The zero-order valence-corrected chi connectivity index (χ0v) is 16.6. The normalized spacial score (nSPS) is 16.3. The van der Waals surface area contributed by atoms with E-state index in [0.29, 0.717) is 18.7 Å². The molecule has 29 heavy (non-hydrogen) atoms. The zero-order valence-electron chi connectivity index (χ0n) is 16.6. The van der Waals surface area contributed by atoms with Crippen molar-refractivity contribution in [2.75, 3.05) is 13.2 Å². The van der Waals surface area contributed by atoms with Gasteiger partial charge in [0.05, 0.1) is 18.8 Å². The Morgan fingerprint density at radius 3 is 2.79 bits per heavy atom. The van der Waals surface area contributed by atoms with E-state index in [1.54, 1.807) is 4.90 Å². The van der Waals surface area contributed by atoms with Gasteiger partial charge in [-0.1, -0.05) is 0 Å². The molecule has 1 amide bonds. The summed E-state index contributed by atoms with van der Waals surface area (Å²) in [7, 11) is 0. The minimum Gasteiger partial charge on any atom is -0.376 e. The molecule has 1 N–H and O–H groups in total. The second kappa shape index (κ2) is 8.13. The van der Waals surface area contributed by atoms with E-state index in [4.69, 9.17) is 4.74 Å². The first-order chi connectivity index (χ1) is 14.0. The molecular weight excluding hydrogens is 368 g/mol. The minimum atomic E-state index is -0.256. The highest BCUT2D eigenvalue weighted by molar-refractivity contribution is 5.92. The number of carbonyl (C=O) groups excluding carboxylic acids is 1. The van der Waals surface area contributed by atoms with Gasteiger partial charge in [-0.15, -0.1) is 0 Å². The number of hydrogen-bond acceptors (Lipinski definition) is 5. The number of benzene rings is 1. The third kappa shape index (κ3) is 4.19. The first kappa shape index (κ1) is 19.3. The third-order valence-corrected chi connectivity index (χ3v) is 5.41. The fourth-order valence-electron chi connectivity index (χ4n) is 3.67. The molecule has 0 unspecified atom stereocenters.